The van der Waals surface area contributed by atoms with Crippen LogP contribution < -0.4 is 4.74 Å². The van der Waals surface area contributed by atoms with E-state index in [0.29, 0.717) is 0 Å². The van der Waals surface area contributed by atoms with Gasteiger partial charge in [0.15, 0.2) is 11.9 Å². The number of aromatic nitrogens is 2. The minimum atomic E-state index is -0.205. The Morgan fingerprint density at radius 1 is 1.07 bits per heavy atom. The van der Waals surface area contributed by atoms with E-state index in [1.807, 2.05) is 50.2 Å². The van der Waals surface area contributed by atoms with Crippen LogP contribution >= 0.6 is 27.5 Å². The fraction of sp³-hybridized carbons (Fsp3) is 0.174. The Hall–Kier alpha value is -2.30. The largest absolute Gasteiger partial charge is 0.483 e. The second-order valence-electron chi connectivity index (χ2n) is 6.84. The van der Waals surface area contributed by atoms with Gasteiger partial charge in [-0.25, -0.2) is 4.98 Å². The second-order valence-corrected chi connectivity index (χ2v) is 8.17. The first-order valence-corrected chi connectivity index (χ1v) is 10.3. The maximum Gasteiger partial charge on any atom is 0.153 e. The van der Waals surface area contributed by atoms with Crippen molar-refractivity contribution in [2.24, 2.45) is 0 Å². The van der Waals surface area contributed by atoms with Gasteiger partial charge in [-0.3, -0.25) is 0 Å². The van der Waals surface area contributed by atoms with Crippen molar-refractivity contribution in [3.05, 3.63) is 93.2 Å². The molecule has 1 aromatic heterocycles. The molecule has 0 saturated carbocycles. The molecular formula is C23H20BrClN2O. The molecule has 0 N–H and O–H groups in total. The first-order valence-electron chi connectivity index (χ1n) is 9.13. The Labute approximate surface area is 178 Å². The Morgan fingerprint density at radius 2 is 1.82 bits per heavy atom. The molecule has 0 aliphatic heterocycles. The summed E-state index contributed by atoms with van der Waals surface area (Å²) in [6, 6.07) is 22.3. The van der Waals surface area contributed by atoms with Crippen molar-refractivity contribution in [1.82, 2.24) is 9.55 Å². The lowest BCUT2D eigenvalue weighted by molar-refractivity contribution is 0.212. The van der Waals surface area contributed by atoms with Crippen LogP contribution in [-0.2, 0) is 6.54 Å². The van der Waals surface area contributed by atoms with Crippen molar-refractivity contribution in [2.45, 2.75) is 26.5 Å². The van der Waals surface area contributed by atoms with Gasteiger partial charge in [-0.15, -0.1) is 0 Å². The summed E-state index contributed by atoms with van der Waals surface area (Å²) in [5, 5.41) is 0.738. The number of nitrogens with zero attached hydrogens (tertiary/aromatic N) is 2. The molecule has 4 aromatic rings. The molecule has 3 aromatic carbocycles. The minimum absolute atomic E-state index is 0.205. The smallest absolute Gasteiger partial charge is 0.153 e. The van der Waals surface area contributed by atoms with Crippen LogP contribution in [-0.4, -0.2) is 9.55 Å². The van der Waals surface area contributed by atoms with E-state index in [1.54, 1.807) is 0 Å². The van der Waals surface area contributed by atoms with Crippen LogP contribution in [0.25, 0.3) is 11.0 Å². The summed E-state index contributed by atoms with van der Waals surface area (Å²) < 4.78 is 9.51. The Balaban J connectivity index is 1.70. The standard InChI is InChI=1S/C23H20BrClN2O/c1-15-13-19(11-12-20(15)25)28-16(2)23-26-21-5-3-4-6-22(21)27(23)14-17-7-9-18(24)10-8-17/h3-13,16H,14H2,1-2H3. The quantitative estimate of drug-likeness (QED) is 0.325. The van der Waals surface area contributed by atoms with Crippen molar-refractivity contribution in [3.63, 3.8) is 0 Å². The molecule has 0 aliphatic rings. The lowest BCUT2D eigenvalue weighted by Gasteiger charge is -2.17. The number of ether oxygens (including phenoxy) is 1. The van der Waals surface area contributed by atoms with Crippen molar-refractivity contribution < 1.29 is 4.74 Å². The van der Waals surface area contributed by atoms with Crippen LogP contribution in [0.2, 0.25) is 5.02 Å². The van der Waals surface area contributed by atoms with Gasteiger partial charge in [0.1, 0.15) is 5.75 Å². The van der Waals surface area contributed by atoms with Crippen molar-refractivity contribution >= 4 is 38.6 Å². The van der Waals surface area contributed by atoms with E-state index in [4.69, 9.17) is 21.3 Å². The van der Waals surface area contributed by atoms with Crippen molar-refractivity contribution in [2.75, 3.05) is 0 Å². The highest BCUT2D eigenvalue weighted by Gasteiger charge is 2.18. The van der Waals surface area contributed by atoms with E-state index in [1.165, 1.54) is 5.56 Å². The van der Waals surface area contributed by atoms with Gasteiger partial charge in [-0.05, 0) is 67.4 Å². The molecule has 0 aliphatic carbocycles. The SMILES string of the molecule is Cc1cc(OC(C)c2nc3ccccc3n2Cc2ccc(Br)cc2)ccc1Cl. The molecule has 0 saturated heterocycles. The molecule has 28 heavy (non-hydrogen) atoms. The molecule has 0 spiro atoms. The number of aryl methyl sites for hydroxylation is 1. The van der Waals surface area contributed by atoms with Crippen LogP contribution in [0.5, 0.6) is 5.75 Å². The van der Waals surface area contributed by atoms with Gasteiger partial charge in [-0.2, -0.15) is 0 Å². The van der Waals surface area contributed by atoms with Crippen LogP contribution in [0.4, 0.5) is 0 Å². The number of benzene rings is 3. The first-order chi connectivity index (χ1) is 13.5. The third kappa shape index (κ3) is 3.94. The minimum Gasteiger partial charge on any atom is -0.483 e. The Kier molecular flexibility index (Phi) is 5.42. The molecule has 5 heteroatoms. The van der Waals surface area contributed by atoms with Gasteiger partial charge in [0, 0.05) is 16.0 Å². The van der Waals surface area contributed by atoms with E-state index in [-0.39, 0.29) is 6.10 Å². The number of imidazole rings is 1. The topological polar surface area (TPSA) is 27.1 Å². The van der Waals surface area contributed by atoms with Crippen molar-refractivity contribution in [1.29, 1.82) is 0 Å². The summed E-state index contributed by atoms with van der Waals surface area (Å²) in [5.74, 6) is 1.69. The molecule has 4 rings (SSSR count). The van der Waals surface area contributed by atoms with Gasteiger partial charge in [0.05, 0.1) is 11.0 Å². The summed E-state index contributed by atoms with van der Waals surface area (Å²) in [6.07, 6.45) is -0.205. The lowest BCUT2D eigenvalue weighted by Crippen LogP contribution is -2.12. The van der Waals surface area contributed by atoms with Gasteiger partial charge >= 0.3 is 0 Å². The highest BCUT2D eigenvalue weighted by molar-refractivity contribution is 9.10. The average molecular weight is 456 g/mol. The lowest BCUT2D eigenvalue weighted by atomic mass is 10.2. The molecule has 0 radical (unpaired) electrons. The highest BCUT2D eigenvalue weighted by atomic mass is 79.9. The molecule has 142 valence electrons. The predicted molar refractivity (Wildman–Crippen MR) is 118 cm³/mol. The number of rotatable bonds is 5. The molecule has 3 nitrogen and oxygen atoms in total. The van der Waals surface area contributed by atoms with Crippen molar-refractivity contribution in [3.8, 4) is 5.75 Å². The zero-order valence-corrected chi connectivity index (χ0v) is 18.0. The molecule has 1 unspecified atom stereocenters. The second kappa shape index (κ2) is 7.98. The number of fused-ring (bicyclic) bond motifs is 1. The molecular weight excluding hydrogens is 436 g/mol. The maximum atomic E-state index is 6.21. The van der Waals surface area contributed by atoms with Gasteiger partial charge in [0.2, 0.25) is 0 Å². The zero-order chi connectivity index (χ0) is 19.7. The first kappa shape index (κ1) is 19.0. The van der Waals surface area contributed by atoms with Gasteiger partial charge in [0.25, 0.3) is 0 Å². The van der Waals surface area contributed by atoms with Crippen LogP contribution in [0, 0.1) is 6.92 Å². The number of hydrogen-bond acceptors (Lipinski definition) is 2. The zero-order valence-electron chi connectivity index (χ0n) is 15.7. The monoisotopic (exact) mass is 454 g/mol. The molecule has 0 bridgehead atoms. The van der Waals surface area contributed by atoms with E-state index in [2.05, 4.69) is 50.8 Å². The molecule has 0 amide bonds. The molecule has 1 atom stereocenters. The van der Waals surface area contributed by atoms with Gasteiger partial charge < -0.3 is 9.30 Å². The summed E-state index contributed by atoms with van der Waals surface area (Å²) >= 11 is 9.64. The van der Waals surface area contributed by atoms with Gasteiger partial charge in [-0.1, -0.05) is 51.8 Å². The molecule has 1 heterocycles. The normalized spacial score (nSPS) is 12.3. The van der Waals surface area contributed by atoms with Crippen LogP contribution in [0.3, 0.4) is 0 Å². The Bertz CT molecular complexity index is 1120. The van der Waals surface area contributed by atoms with E-state index in [9.17, 15) is 0 Å². The van der Waals surface area contributed by atoms with E-state index in [0.717, 1.165) is 44.2 Å². The predicted octanol–water partition coefficient (Wildman–Crippen LogP) is 6.95. The number of hydrogen-bond donors (Lipinski definition) is 0. The third-order valence-electron chi connectivity index (χ3n) is 4.74. The number of para-hydroxylation sites is 2. The highest BCUT2D eigenvalue weighted by Crippen LogP contribution is 2.28. The average Bonchev–Trinajstić information content (AvgIpc) is 3.05. The maximum absolute atomic E-state index is 6.21. The van der Waals surface area contributed by atoms with Crippen LogP contribution in [0.15, 0.2) is 71.2 Å². The summed E-state index contributed by atoms with van der Waals surface area (Å²) in [6.45, 7) is 4.74. The molecule has 0 fully saturated rings. The van der Waals surface area contributed by atoms with E-state index < -0.39 is 0 Å². The fourth-order valence-corrected chi connectivity index (χ4v) is 3.67. The third-order valence-corrected chi connectivity index (χ3v) is 5.70. The summed E-state index contributed by atoms with van der Waals surface area (Å²) in [7, 11) is 0. The van der Waals surface area contributed by atoms with Crippen LogP contribution in [0.1, 0.15) is 30.0 Å². The summed E-state index contributed by atoms with van der Waals surface area (Å²) in [4.78, 5) is 4.87. The number of halogens is 2. The Morgan fingerprint density at radius 3 is 2.57 bits per heavy atom. The fourth-order valence-electron chi connectivity index (χ4n) is 3.29. The van der Waals surface area contributed by atoms with E-state index >= 15 is 0 Å². The summed E-state index contributed by atoms with van der Waals surface area (Å²) in [5.41, 5.74) is 4.28.